The molecule has 0 fully saturated rings. The Balaban J connectivity index is 3.23. The van der Waals surface area contributed by atoms with Crippen LogP contribution in [0.2, 0.25) is 0 Å². The van der Waals surface area contributed by atoms with Gasteiger partial charge in [-0.2, -0.15) is 0 Å². The van der Waals surface area contributed by atoms with Gasteiger partial charge in [-0.05, 0) is 25.7 Å². The second-order valence-corrected chi connectivity index (χ2v) is 5.58. The average molecular weight is 258 g/mol. The third-order valence-corrected chi connectivity index (χ3v) is 3.61. The monoisotopic (exact) mass is 258 g/mol. The van der Waals surface area contributed by atoms with Crippen LogP contribution < -0.4 is 0 Å². The fourth-order valence-electron chi connectivity index (χ4n) is 2.30. The quantitative estimate of drug-likeness (QED) is 0.480. The van der Waals surface area contributed by atoms with Crippen molar-refractivity contribution in [3.05, 3.63) is 0 Å². The van der Waals surface area contributed by atoms with Crippen LogP contribution in [0.4, 0.5) is 0 Å². The second-order valence-electron chi connectivity index (χ2n) is 5.58. The number of aliphatic hydroxyl groups is 2. The first-order valence-corrected chi connectivity index (χ1v) is 8.06. The maximum Gasteiger partial charge on any atom is 0.0540 e. The zero-order valence-electron chi connectivity index (χ0n) is 12.5. The Bertz CT molecular complexity index is 159. The first-order valence-electron chi connectivity index (χ1n) is 8.06. The molecule has 0 aliphatic carbocycles. The highest BCUT2D eigenvalue weighted by atomic mass is 16.3. The summed E-state index contributed by atoms with van der Waals surface area (Å²) in [5, 5.41) is 19.4. The van der Waals surface area contributed by atoms with E-state index in [2.05, 4.69) is 13.8 Å². The van der Waals surface area contributed by atoms with Crippen LogP contribution in [-0.4, -0.2) is 22.4 Å². The summed E-state index contributed by atoms with van der Waals surface area (Å²) in [6, 6.07) is 0. The topological polar surface area (TPSA) is 40.5 Å². The highest BCUT2D eigenvalue weighted by Gasteiger charge is 2.05. The van der Waals surface area contributed by atoms with E-state index in [4.69, 9.17) is 0 Å². The highest BCUT2D eigenvalue weighted by Crippen LogP contribution is 2.13. The summed E-state index contributed by atoms with van der Waals surface area (Å²) in [6.45, 7) is 4.35. The molecule has 0 amide bonds. The molecule has 0 saturated heterocycles. The third kappa shape index (κ3) is 12.4. The Morgan fingerprint density at radius 1 is 0.556 bits per heavy atom. The van der Waals surface area contributed by atoms with Crippen LogP contribution >= 0.6 is 0 Å². The Morgan fingerprint density at radius 2 is 0.944 bits per heavy atom. The highest BCUT2D eigenvalue weighted by molar-refractivity contribution is 4.59. The van der Waals surface area contributed by atoms with Crippen molar-refractivity contribution in [3.63, 3.8) is 0 Å². The van der Waals surface area contributed by atoms with E-state index in [1.165, 1.54) is 19.3 Å². The van der Waals surface area contributed by atoms with E-state index < -0.39 is 0 Å². The smallest absolute Gasteiger partial charge is 0.0540 e. The minimum absolute atomic E-state index is 0.0958. The van der Waals surface area contributed by atoms with Crippen LogP contribution in [0.5, 0.6) is 0 Å². The Labute approximate surface area is 114 Å². The van der Waals surface area contributed by atoms with Gasteiger partial charge in [-0.1, -0.05) is 65.2 Å². The maximum absolute atomic E-state index is 9.75. The molecule has 0 aromatic rings. The van der Waals surface area contributed by atoms with E-state index in [9.17, 15) is 10.2 Å². The first kappa shape index (κ1) is 17.9. The van der Waals surface area contributed by atoms with Gasteiger partial charge in [-0.15, -0.1) is 0 Å². The molecule has 2 N–H and O–H groups in total. The third-order valence-electron chi connectivity index (χ3n) is 3.61. The van der Waals surface area contributed by atoms with Gasteiger partial charge in [0.1, 0.15) is 0 Å². The second kappa shape index (κ2) is 13.4. The summed E-state index contributed by atoms with van der Waals surface area (Å²) in [4.78, 5) is 0. The lowest BCUT2D eigenvalue weighted by Crippen LogP contribution is -2.07. The van der Waals surface area contributed by atoms with Crippen molar-refractivity contribution in [1.82, 2.24) is 0 Å². The van der Waals surface area contributed by atoms with Crippen molar-refractivity contribution >= 4 is 0 Å². The molecule has 0 heterocycles. The molecule has 0 saturated carbocycles. The lowest BCUT2D eigenvalue weighted by Gasteiger charge is -2.11. The van der Waals surface area contributed by atoms with Gasteiger partial charge in [0.15, 0.2) is 0 Å². The Kier molecular flexibility index (Phi) is 13.3. The van der Waals surface area contributed by atoms with Gasteiger partial charge < -0.3 is 10.2 Å². The molecular formula is C16H34O2. The van der Waals surface area contributed by atoms with Crippen LogP contribution in [0.3, 0.4) is 0 Å². The van der Waals surface area contributed by atoms with Crippen molar-refractivity contribution in [3.8, 4) is 0 Å². The molecule has 0 bridgehead atoms. The molecule has 2 atom stereocenters. The van der Waals surface area contributed by atoms with E-state index in [0.29, 0.717) is 0 Å². The lowest BCUT2D eigenvalue weighted by atomic mass is 10.0. The SMILES string of the molecule is CCCCCC(O)CCCCCC(O)CCCC. The molecular weight excluding hydrogens is 224 g/mol. The fraction of sp³-hybridized carbons (Fsp3) is 1.00. The molecule has 0 spiro atoms. The number of unbranched alkanes of at least 4 members (excludes halogenated alkanes) is 5. The molecule has 18 heavy (non-hydrogen) atoms. The van der Waals surface area contributed by atoms with Crippen LogP contribution in [0.1, 0.15) is 90.9 Å². The Hall–Kier alpha value is -0.0800. The lowest BCUT2D eigenvalue weighted by molar-refractivity contribution is 0.139. The molecule has 2 unspecified atom stereocenters. The zero-order chi connectivity index (χ0) is 13.6. The molecule has 0 aliphatic heterocycles. The van der Waals surface area contributed by atoms with Crippen molar-refractivity contribution in [2.75, 3.05) is 0 Å². The van der Waals surface area contributed by atoms with Gasteiger partial charge in [0.05, 0.1) is 12.2 Å². The number of aliphatic hydroxyl groups excluding tert-OH is 2. The standard InChI is InChI=1S/C16H34O2/c1-3-5-8-12-16(18)14-10-7-9-13-15(17)11-6-4-2/h15-18H,3-14H2,1-2H3. The van der Waals surface area contributed by atoms with Gasteiger partial charge in [0.2, 0.25) is 0 Å². The van der Waals surface area contributed by atoms with Crippen LogP contribution in [-0.2, 0) is 0 Å². The fourth-order valence-corrected chi connectivity index (χ4v) is 2.30. The molecule has 0 rings (SSSR count). The van der Waals surface area contributed by atoms with Gasteiger partial charge in [0, 0.05) is 0 Å². The molecule has 0 aromatic carbocycles. The number of rotatable bonds is 13. The molecule has 110 valence electrons. The summed E-state index contributed by atoms with van der Waals surface area (Å²) in [6.07, 6.45) is 12.9. The van der Waals surface area contributed by atoms with Crippen LogP contribution in [0.15, 0.2) is 0 Å². The number of hydrogen-bond acceptors (Lipinski definition) is 2. The van der Waals surface area contributed by atoms with Crippen molar-refractivity contribution in [2.45, 2.75) is 103 Å². The molecule has 0 radical (unpaired) electrons. The summed E-state index contributed by atoms with van der Waals surface area (Å²) in [7, 11) is 0. The predicted octanol–water partition coefficient (Wildman–Crippen LogP) is 4.43. The summed E-state index contributed by atoms with van der Waals surface area (Å²) < 4.78 is 0. The van der Waals surface area contributed by atoms with Gasteiger partial charge in [-0.3, -0.25) is 0 Å². The van der Waals surface area contributed by atoms with Crippen molar-refractivity contribution in [1.29, 1.82) is 0 Å². The van der Waals surface area contributed by atoms with Gasteiger partial charge in [0.25, 0.3) is 0 Å². The minimum Gasteiger partial charge on any atom is -0.393 e. The van der Waals surface area contributed by atoms with E-state index in [1.807, 2.05) is 0 Å². The van der Waals surface area contributed by atoms with Crippen LogP contribution in [0.25, 0.3) is 0 Å². The largest absolute Gasteiger partial charge is 0.393 e. The minimum atomic E-state index is -0.0978. The van der Waals surface area contributed by atoms with Gasteiger partial charge in [-0.25, -0.2) is 0 Å². The van der Waals surface area contributed by atoms with Crippen LogP contribution in [0, 0.1) is 0 Å². The molecule has 2 heteroatoms. The van der Waals surface area contributed by atoms with E-state index in [0.717, 1.165) is 57.8 Å². The Morgan fingerprint density at radius 3 is 1.39 bits per heavy atom. The van der Waals surface area contributed by atoms with E-state index >= 15 is 0 Å². The van der Waals surface area contributed by atoms with E-state index in [1.54, 1.807) is 0 Å². The molecule has 2 nitrogen and oxygen atoms in total. The molecule has 0 aromatic heterocycles. The predicted molar refractivity (Wildman–Crippen MR) is 78.8 cm³/mol. The first-order chi connectivity index (χ1) is 8.70. The number of hydrogen-bond donors (Lipinski definition) is 2. The van der Waals surface area contributed by atoms with Crippen molar-refractivity contribution in [2.24, 2.45) is 0 Å². The molecule has 0 aliphatic rings. The van der Waals surface area contributed by atoms with Crippen molar-refractivity contribution < 1.29 is 10.2 Å². The normalized spacial score (nSPS) is 14.7. The average Bonchev–Trinajstić information content (AvgIpc) is 2.36. The zero-order valence-corrected chi connectivity index (χ0v) is 12.5. The summed E-state index contributed by atoms with van der Waals surface area (Å²) in [5.41, 5.74) is 0. The summed E-state index contributed by atoms with van der Waals surface area (Å²) >= 11 is 0. The maximum atomic E-state index is 9.75. The van der Waals surface area contributed by atoms with E-state index in [-0.39, 0.29) is 12.2 Å². The summed E-state index contributed by atoms with van der Waals surface area (Å²) in [5.74, 6) is 0. The van der Waals surface area contributed by atoms with Gasteiger partial charge >= 0.3 is 0 Å².